The fourth-order valence-corrected chi connectivity index (χ4v) is 3.08. The molecule has 1 aromatic carbocycles. The highest BCUT2D eigenvalue weighted by Crippen LogP contribution is 2.32. The Morgan fingerprint density at radius 3 is 2.75 bits per heavy atom. The van der Waals surface area contributed by atoms with Gasteiger partial charge in [0.05, 0.1) is 0 Å². The lowest BCUT2D eigenvalue weighted by Gasteiger charge is -2.42. The van der Waals surface area contributed by atoms with E-state index < -0.39 is 0 Å². The first kappa shape index (κ1) is 15.5. The highest BCUT2D eigenvalue weighted by Gasteiger charge is 2.33. The van der Waals surface area contributed by atoms with E-state index in [1.165, 1.54) is 12.8 Å². The van der Waals surface area contributed by atoms with E-state index >= 15 is 0 Å². The van der Waals surface area contributed by atoms with Crippen molar-refractivity contribution in [3.05, 3.63) is 35.6 Å². The van der Waals surface area contributed by atoms with Crippen molar-refractivity contribution in [2.24, 2.45) is 5.41 Å². The Balaban J connectivity index is 2.04. The summed E-state index contributed by atoms with van der Waals surface area (Å²) in [5.41, 5.74) is 1.09. The van der Waals surface area contributed by atoms with Gasteiger partial charge in [0, 0.05) is 24.2 Å². The molecule has 0 bridgehead atoms. The molecule has 1 aliphatic rings. The van der Waals surface area contributed by atoms with Crippen LogP contribution in [0.5, 0.6) is 0 Å². The van der Waals surface area contributed by atoms with E-state index in [9.17, 15) is 4.39 Å². The minimum atomic E-state index is -0.109. The van der Waals surface area contributed by atoms with Gasteiger partial charge in [0.1, 0.15) is 5.82 Å². The Labute approximate surface area is 122 Å². The van der Waals surface area contributed by atoms with Crippen LogP contribution in [-0.2, 0) is 0 Å². The van der Waals surface area contributed by atoms with Crippen molar-refractivity contribution in [1.82, 2.24) is 10.2 Å². The van der Waals surface area contributed by atoms with E-state index in [2.05, 4.69) is 38.0 Å². The van der Waals surface area contributed by atoms with Crippen molar-refractivity contribution >= 4 is 0 Å². The van der Waals surface area contributed by atoms with E-state index in [4.69, 9.17) is 0 Å². The van der Waals surface area contributed by atoms with Crippen molar-refractivity contribution in [2.45, 2.75) is 45.7 Å². The smallest absolute Gasteiger partial charge is 0.127 e. The Bertz CT molecular complexity index is 444. The molecule has 2 rings (SSSR count). The zero-order chi connectivity index (χ0) is 14.8. The van der Waals surface area contributed by atoms with Gasteiger partial charge in [0.2, 0.25) is 0 Å². The number of rotatable bonds is 4. The predicted molar refractivity (Wildman–Crippen MR) is 82.3 cm³/mol. The van der Waals surface area contributed by atoms with Crippen LogP contribution in [0.15, 0.2) is 24.3 Å². The maximum absolute atomic E-state index is 13.9. The second kappa shape index (κ2) is 6.23. The highest BCUT2D eigenvalue weighted by molar-refractivity contribution is 5.20. The molecule has 3 heteroatoms. The molecule has 2 nitrogen and oxygen atoms in total. The summed E-state index contributed by atoms with van der Waals surface area (Å²) in [6, 6.07) is 7.65. The Morgan fingerprint density at radius 1 is 1.40 bits per heavy atom. The van der Waals surface area contributed by atoms with Gasteiger partial charge in [-0.3, -0.25) is 4.90 Å². The van der Waals surface area contributed by atoms with Crippen LogP contribution in [0.4, 0.5) is 4.39 Å². The second-order valence-corrected chi connectivity index (χ2v) is 6.74. The molecule has 0 radical (unpaired) electrons. The molecule has 112 valence electrons. The van der Waals surface area contributed by atoms with E-state index in [1.54, 1.807) is 12.1 Å². The van der Waals surface area contributed by atoms with Crippen molar-refractivity contribution in [3.63, 3.8) is 0 Å². The lowest BCUT2D eigenvalue weighted by Crippen LogP contribution is -2.52. The zero-order valence-electron chi connectivity index (χ0n) is 13.1. The van der Waals surface area contributed by atoms with Crippen molar-refractivity contribution in [3.8, 4) is 0 Å². The standard InChI is InChI=1S/C17H27FN2/c1-13(14-8-5-6-9-15(14)18)20(4)12-16-17(2,3)10-7-11-19-16/h5-6,8-9,13,16,19H,7,10-12H2,1-4H3. The number of halogens is 1. The molecule has 1 aromatic rings. The van der Waals surface area contributed by atoms with Gasteiger partial charge in [-0.15, -0.1) is 0 Å². The van der Waals surface area contributed by atoms with Crippen molar-refractivity contribution in [2.75, 3.05) is 20.1 Å². The molecule has 0 amide bonds. The lowest BCUT2D eigenvalue weighted by molar-refractivity contribution is 0.121. The van der Waals surface area contributed by atoms with E-state index in [-0.39, 0.29) is 11.9 Å². The molecule has 1 heterocycles. The molecule has 2 atom stereocenters. The predicted octanol–water partition coefficient (Wildman–Crippen LogP) is 3.60. The molecule has 2 unspecified atom stereocenters. The first-order valence-corrected chi connectivity index (χ1v) is 7.60. The lowest BCUT2D eigenvalue weighted by atomic mass is 9.77. The molecule has 0 saturated carbocycles. The number of benzene rings is 1. The number of nitrogens with zero attached hydrogens (tertiary/aromatic N) is 1. The normalized spacial score (nSPS) is 23.8. The number of likely N-dealkylation sites (N-methyl/N-ethyl adjacent to an activating group) is 1. The first-order valence-electron chi connectivity index (χ1n) is 7.60. The van der Waals surface area contributed by atoms with Crippen molar-refractivity contribution < 1.29 is 4.39 Å². The minimum absolute atomic E-state index is 0.0933. The topological polar surface area (TPSA) is 15.3 Å². The third-order valence-electron chi connectivity index (χ3n) is 4.82. The van der Waals surface area contributed by atoms with Gasteiger partial charge >= 0.3 is 0 Å². The Hall–Kier alpha value is -0.930. The fraction of sp³-hybridized carbons (Fsp3) is 0.647. The SMILES string of the molecule is CC(c1ccccc1F)N(C)CC1NCCCC1(C)C. The third-order valence-corrected chi connectivity index (χ3v) is 4.82. The summed E-state index contributed by atoms with van der Waals surface area (Å²) in [6.07, 6.45) is 2.50. The number of piperidine rings is 1. The first-order chi connectivity index (χ1) is 9.42. The molecule has 1 saturated heterocycles. The summed E-state index contributed by atoms with van der Waals surface area (Å²) in [5.74, 6) is -0.109. The number of nitrogens with one attached hydrogen (secondary N) is 1. The summed E-state index contributed by atoms with van der Waals surface area (Å²) in [7, 11) is 2.09. The molecule has 1 N–H and O–H groups in total. The van der Waals surface area contributed by atoms with Gasteiger partial charge in [0.25, 0.3) is 0 Å². The average Bonchev–Trinajstić information content (AvgIpc) is 2.41. The summed E-state index contributed by atoms with van der Waals surface area (Å²) in [4.78, 5) is 2.25. The minimum Gasteiger partial charge on any atom is -0.312 e. The maximum Gasteiger partial charge on any atom is 0.127 e. The van der Waals surface area contributed by atoms with E-state index in [0.29, 0.717) is 11.5 Å². The van der Waals surface area contributed by atoms with E-state index in [0.717, 1.165) is 18.7 Å². The van der Waals surface area contributed by atoms with Gasteiger partial charge in [-0.05, 0) is 44.8 Å². The molecule has 0 aromatic heterocycles. The fourth-order valence-electron chi connectivity index (χ4n) is 3.08. The van der Waals surface area contributed by atoms with Crippen LogP contribution < -0.4 is 5.32 Å². The van der Waals surface area contributed by atoms with Crippen LogP contribution in [0.25, 0.3) is 0 Å². The molecular formula is C17H27FN2. The van der Waals surface area contributed by atoms with Crippen LogP contribution in [0, 0.1) is 11.2 Å². The highest BCUT2D eigenvalue weighted by atomic mass is 19.1. The average molecular weight is 278 g/mol. The maximum atomic E-state index is 13.9. The Morgan fingerprint density at radius 2 is 2.10 bits per heavy atom. The van der Waals surface area contributed by atoms with Gasteiger partial charge in [-0.2, -0.15) is 0 Å². The number of hydrogen-bond donors (Lipinski definition) is 1. The van der Waals surface area contributed by atoms with Gasteiger partial charge in [-0.1, -0.05) is 32.0 Å². The summed E-state index contributed by atoms with van der Waals surface area (Å²) in [5, 5.41) is 3.63. The zero-order valence-corrected chi connectivity index (χ0v) is 13.1. The molecule has 1 fully saturated rings. The summed E-state index contributed by atoms with van der Waals surface area (Å²) >= 11 is 0. The van der Waals surface area contributed by atoms with Crippen LogP contribution in [0.3, 0.4) is 0 Å². The molecule has 20 heavy (non-hydrogen) atoms. The van der Waals surface area contributed by atoms with Crippen LogP contribution in [0.2, 0.25) is 0 Å². The largest absolute Gasteiger partial charge is 0.312 e. The van der Waals surface area contributed by atoms with Crippen LogP contribution >= 0.6 is 0 Å². The van der Waals surface area contributed by atoms with Crippen LogP contribution in [-0.4, -0.2) is 31.1 Å². The monoisotopic (exact) mass is 278 g/mol. The molecular weight excluding hydrogens is 251 g/mol. The van der Waals surface area contributed by atoms with Crippen molar-refractivity contribution in [1.29, 1.82) is 0 Å². The van der Waals surface area contributed by atoms with Gasteiger partial charge in [0.15, 0.2) is 0 Å². The molecule has 0 spiro atoms. The summed E-state index contributed by atoms with van der Waals surface area (Å²) in [6.45, 7) is 8.77. The quantitative estimate of drug-likeness (QED) is 0.905. The second-order valence-electron chi connectivity index (χ2n) is 6.74. The van der Waals surface area contributed by atoms with Gasteiger partial charge < -0.3 is 5.32 Å². The number of hydrogen-bond acceptors (Lipinski definition) is 2. The third kappa shape index (κ3) is 3.39. The molecule has 1 aliphatic heterocycles. The molecule has 0 aliphatic carbocycles. The van der Waals surface area contributed by atoms with E-state index in [1.807, 2.05) is 12.1 Å². The Kier molecular flexibility index (Phi) is 4.82. The summed E-state index contributed by atoms with van der Waals surface area (Å²) < 4.78 is 13.9. The van der Waals surface area contributed by atoms with Crippen LogP contribution in [0.1, 0.15) is 45.2 Å². The van der Waals surface area contributed by atoms with Gasteiger partial charge in [-0.25, -0.2) is 4.39 Å².